The van der Waals surface area contributed by atoms with Crippen LogP contribution in [-0.2, 0) is 11.3 Å². The van der Waals surface area contributed by atoms with Gasteiger partial charge in [-0.1, -0.05) is 42.5 Å². The number of aromatic amines is 1. The zero-order valence-corrected chi connectivity index (χ0v) is 11.0. The number of aliphatic hydroxyl groups is 1. The number of hydrogen-bond acceptors (Lipinski definition) is 3. The monoisotopic (exact) mass is 268 g/mol. The average Bonchev–Trinajstić information content (AvgIpc) is 3.00. The summed E-state index contributed by atoms with van der Waals surface area (Å²) in [6.45, 7) is 0.675. The van der Waals surface area contributed by atoms with Crippen molar-refractivity contribution in [2.75, 3.05) is 6.61 Å². The topological polar surface area (TPSA) is 58.1 Å². The van der Waals surface area contributed by atoms with Crippen molar-refractivity contribution in [1.29, 1.82) is 0 Å². The largest absolute Gasteiger partial charge is 0.386 e. The maximum atomic E-state index is 10.3. The molecule has 2 N–H and O–H groups in total. The molecule has 3 rings (SSSR count). The van der Waals surface area contributed by atoms with Crippen molar-refractivity contribution < 1.29 is 9.84 Å². The standard InChI is InChI=1S/C16H16N2O2/c19-16(10-20-9-13-8-17-11-18-13)15-7-3-5-12-4-1-2-6-14(12)15/h1-8,11,16,19H,9-10H2,(H,17,18). The van der Waals surface area contributed by atoms with Crippen molar-refractivity contribution in [2.24, 2.45) is 0 Å². The molecule has 2 aromatic carbocycles. The molecule has 1 unspecified atom stereocenters. The molecule has 0 fully saturated rings. The van der Waals surface area contributed by atoms with Gasteiger partial charge in [0.15, 0.2) is 0 Å². The number of imidazole rings is 1. The molecule has 0 bridgehead atoms. The third-order valence-corrected chi connectivity index (χ3v) is 3.27. The highest BCUT2D eigenvalue weighted by molar-refractivity contribution is 5.85. The summed E-state index contributed by atoms with van der Waals surface area (Å²) in [4.78, 5) is 6.88. The molecule has 4 heteroatoms. The molecule has 0 aliphatic rings. The molecule has 0 spiro atoms. The number of fused-ring (bicyclic) bond motifs is 1. The third kappa shape index (κ3) is 2.71. The Morgan fingerprint density at radius 2 is 2.00 bits per heavy atom. The van der Waals surface area contributed by atoms with Crippen LogP contribution in [0.3, 0.4) is 0 Å². The second kappa shape index (κ2) is 5.86. The van der Waals surface area contributed by atoms with Crippen LogP contribution in [0.25, 0.3) is 10.8 Å². The van der Waals surface area contributed by atoms with E-state index in [9.17, 15) is 5.11 Å². The average molecular weight is 268 g/mol. The maximum absolute atomic E-state index is 10.3. The Balaban J connectivity index is 1.70. The number of nitrogens with one attached hydrogen (secondary N) is 1. The number of nitrogens with zero attached hydrogens (tertiary/aromatic N) is 1. The number of rotatable bonds is 5. The van der Waals surface area contributed by atoms with Crippen molar-refractivity contribution in [2.45, 2.75) is 12.7 Å². The van der Waals surface area contributed by atoms with E-state index >= 15 is 0 Å². The van der Waals surface area contributed by atoms with E-state index in [0.29, 0.717) is 6.61 Å². The van der Waals surface area contributed by atoms with Gasteiger partial charge in [-0.2, -0.15) is 0 Å². The molecule has 0 saturated heterocycles. The predicted molar refractivity (Wildman–Crippen MR) is 77.2 cm³/mol. The number of ether oxygens (including phenoxy) is 1. The van der Waals surface area contributed by atoms with Crippen LogP contribution in [-0.4, -0.2) is 21.7 Å². The van der Waals surface area contributed by atoms with Crippen LogP contribution < -0.4 is 0 Å². The minimum absolute atomic E-state index is 0.257. The van der Waals surface area contributed by atoms with Gasteiger partial charge in [-0.25, -0.2) is 4.98 Å². The molecule has 3 aromatic rings. The molecule has 20 heavy (non-hydrogen) atoms. The van der Waals surface area contributed by atoms with E-state index in [0.717, 1.165) is 22.0 Å². The van der Waals surface area contributed by atoms with Crippen LogP contribution in [0.5, 0.6) is 0 Å². The van der Waals surface area contributed by atoms with Gasteiger partial charge in [-0.05, 0) is 16.3 Å². The van der Waals surface area contributed by atoms with E-state index in [1.807, 2.05) is 42.5 Å². The number of aliphatic hydroxyl groups excluding tert-OH is 1. The van der Waals surface area contributed by atoms with Gasteiger partial charge < -0.3 is 14.8 Å². The SMILES string of the molecule is OC(COCc1cnc[nH]1)c1cccc2ccccc12. The molecule has 1 atom stereocenters. The lowest BCUT2D eigenvalue weighted by molar-refractivity contribution is 0.0273. The molecule has 0 saturated carbocycles. The van der Waals surface area contributed by atoms with Crippen molar-refractivity contribution >= 4 is 10.8 Å². The fourth-order valence-corrected chi connectivity index (χ4v) is 2.27. The first kappa shape index (κ1) is 12.8. The fraction of sp³-hybridized carbons (Fsp3) is 0.188. The van der Waals surface area contributed by atoms with Gasteiger partial charge >= 0.3 is 0 Å². The number of H-pyrrole nitrogens is 1. The van der Waals surface area contributed by atoms with Gasteiger partial charge in [0.1, 0.15) is 6.10 Å². The molecule has 0 aliphatic heterocycles. The van der Waals surface area contributed by atoms with Gasteiger partial charge in [0.2, 0.25) is 0 Å². The second-order valence-electron chi connectivity index (χ2n) is 4.68. The summed E-state index contributed by atoms with van der Waals surface area (Å²) in [6.07, 6.45) is 2.69. The first-order valence-corrected chi connectivity index (χ1v) is 6.55. The van der Waals surface area contributed by atoms with Gasteiger partial charge in [-0.3, -0.25) is 0 Å². The summed E-state index contributed by atoms with van der Waals surface area (Å²) in [7, 11) is 0. The molecule has 0 aliphatic carbocycles. The Labute approximate surface area is 117 Å². The Morgan fingerprint density at radius 1 is 1.15 bits per heavy atom. The van der Waals surface area contributed by atoms with E-state index in [1.165, 1.54) is 0 Å². The Hall–Kier alpha value is -2.17. The van der Waals surface area contributed by atoms with Crippen LogP contribution in [0.2, 0.25) is 0 Å². The van der Waals surface area contributed by atoms with E-state index in [4.69, 9.17) is 4.74 Å². The third-order valence-electron chi connectivity index (χ3n) is 3.27. The minimum Gasteiger partial charge on any atom is -0.386 e. The molecule has 0 amide bonds. The lowest BCUT2D eigenvalue weighted by Crippen LogP contribution is -2.08. The fourth-order valence-electron chi connectivity index (χ4n) is 2.27. The first-order valence-electron chi connectivity index (χ1n) is 6.55. The van der Waals surface area contributed by atoms with E-state index in [2.05, 4.69) is 9.97 Å². The zero-order valence-electron chi connectivity index (χ0n) is 11.0. The summed E-state index contributed by atoms with van der Waals surface area (Å²) in [6, 6.07) is 14.0. The van der Waals surface area contributed by atoms with E-state index in [-0.39, 0.29) is 6.61 Å². The minimum atomic E-state index is -0.635. The summed E-state index contributed by atoms with van der Waals surface area (Å²) >= 11 is 0. The van der Waals surface area contributed by atoms with Crippen LogP contribution in [0.15, 0.2) is 55.0 Å². The Kier molecular flexibility index (Phi) is 3.76. The van der Waals surface area contributed by atoms with Crippen LogP contribution in [0.1, 0.15) is 17.4 Å². The van der Waals surface area contributed by atoms with Gasteiger partial charge in [0.25, 0.3) is 0 Å². The van der Waals surface area contributed by atoms with Crippen molar-refractivity contribution in [3.8, 4) is 0 Å². The maximum Gasteiger partial charge on any atom is 0.103 e. The summed E-state index contributed by atoms with van der Waals surface area (Å²) in [5, 5.41) is 12.5. The highest BCUT2D eigenvalue weighted by Crippen LogP contribution is 2.24. The Morgan fingerprint density at radius 3 is 2.85 bits per heavy atom. The van der Waals surface area contributed by atoms with E-state index < -0.39 is 6.10 Å². The molecule has 4 nitrogen and oxygen atoms in total. The van der Waals surface area contributed by atoms with Gasteiger partial charge in [0, 0.05) is 0 Å². The van der Waals surface area contributed by atoms with Crippen molar-refractivity contribution in [1.82, 2.24) is 9.97 Å². The number of aromatic nitrogens is 2. The summed E-state index contributed by atoms with van der Waals surface area (Å²) < 4.78 is 5.52. The normalized spacial score (nSPS) is 12.7. The summed E-state index contributed by atoms with van der Waals surface area (Å²) in [5.41, 5.74) is 1.79. The van der Waals surface area contributed by atoms with Crippen molar-refractivity contribution in [3.63, 3.8) is 0 Å². The Bertz CT molecular complexity index is 675. The highest BCUT2D eigenvalue weighted by atomic mass is 16.5. The highest BCUT2D eigenvalue weighted by Gasteiger charge is 2.11. The molecule has 102 valence electrons. The zero-order chi connectivity index (χ0) is 13.8. The predicted octanol–water partition coefficient (Wildman–Crippen LogP) is 2.81. The molecule has 1 heterocycles. The summed E-state index contributed by atoms with van der Waals surface area (Å²) in [5.74, 6) is 0. The second-order valence-corrected chi connectivity index (χ2v) is 4.68. The first-order chi connectivity index (χ1) is 9.84. The lowest BCUT2D eigenvalue weighted by atomic mass is 10.0. The van der Waals surface area contributed by atoms with Crippen molar-refractivity contribution in [3.05, 3.63) is 66.2 Å². The smallest absolute Gasteiger partial charge is 0.103 e. The van der Waals surface area contributed by atoms with Gasteiger partial charge in [0.05, 0.1) is 31.4 Å². The number of benzene rings is 2. The van der Waals surface area contributed by atoms with E-state index in [1.54, 1.807) is 12.5 Å². The van der Waals surface area contributed by atoms with Crippen LogP contribution in [0, 0.1) is 0 Å². The molecular weight excluding hydrogens is 252 g/mol. The van der Waals surface area contributed by atoms with Crippen LogP contribution >= 0.6 is 0 Å². The van der Waals surface area contributed by atoms with Gasteiger partial charge in [-0.15, -0.1) is 0 Å². The lowest BCUT2D eigenvalue weighted by Gasteiger charge is -2.14. The molecule has 0 radical (unpaired) electrons. The van der Waals surface area contributed by atoms with Crippen LogP contribution in [0.4, 0.5) is 0 Å². The number of hydrogen-bond donors (Lipinski definition) is 2. The molecular formula is C16H16N2O2. The molecule has 1 aromatic heterocycles. The quantitative estimate of drug-likeness (QED) is 0.748.